The molecule has 5 nitrogen and oxygen atoms in total. The second-order valence-electron chi connectivity index (χ2n) is 12.4. The van der Waals surface area contributed by atoms with Gasteiger partial charge in [0.25, 0.3) is 0 Å². The van der Waals surface area contributed by atoms with E-state index in [1.165, 1.54) is 0 Å². The van der Waals surface area contributed by atoms with Crippen molar-refractivity contribution in [2.24, 2.45) is 0 Å². The summed E-state index contributed by atoms with van der Waals surface area (Å²) in [6.45, 7) is 0. The maximum atomic E-state index is 6.96. The fourth-order valence-electron chi connectivity index (χ4n) is 7.00. The molecular weight excluding hydrogens is 615 g/mol. The first-order valence-corrected chi connectivity index (χ1v) is 16.6. The summed E-state index contributed by atoms with van der Waals surface area (Å²) in [5.74, 6) is 3.21. The van der Waals surface area contributed by atoms with Crippen LogP contribution in [0.25, 0.3) is 89.5 Å². The number of benzene rings is 7. The number of aromatic nitrogens is 3. The van der Waals surface area contributed by atoms with Gasteiger partial charge in [-0.05, 0) is 41.0 Å². The second kappa shape index (κ2) is 11.4. The van der Waals surface area contributed by atoms with Gasteiger partial charge in [0.2, 0.25) is 0 Å². The van der Waals surface area contributed by atoms with Crippen LogP contribution in [-0.2, 0) is 0 Å². The molecule has 10 rings (SSSR count). The molecule has 0 aliphatic carbocycles. The smallest absolute Gasteiger partial charge is 0.167 e. The Balaban J connectivity index is 1.16. The van der Waals surface area contributed by atoms with Gasteiger partial charge < -0.3 is 9.15 Å². The summed E-state index contributed by atoms with van der Waals surface area (Å²) >= 11 is 0. The quantitative estimate of drug-likeness (QED) is 0.191. The SMILES string of the molecule is c1ccc(-c2nc(-c3ccccc3)nc(-c3cccc4c3Oc3ccc(-c5cccc6c5oc5ccccc56)cc3-c3ccccc3-4)n2)cc1. The molecule has 2 aromatic heterocycles. The van der Waals surface area contributed by atoms with Crippen molar-refractivity contribution in [1.82, 2.24) is 15.0 Å². The summed E-state index contributed by atoms with van der Waals surface area (Å²) in [5, 5.41) is 2.21. The lowest BCUT2D eigenvalue weighted by molar-refractivity contribution is 0.489. The van der Waals surface area contributed by atoms with E-state index in [4.69, 9.17) is 24.1 Å². The van der Waals surface area contributed by atoms with Crippen LogP contribution in [0.4, 0.5) is 0 Å². The Bertz CT molecular complexity index is 2680. The van der Waals surface area contributed by atoms with Gasteiger partial charge in [-0.15, -0.1) is 0 Å². The van der Waals surface area contributed by atoms with Crippen LogP contribution in [0.5, 0.6) is 11.5 Å². The van der Waals surface area contributed by atoms with E-state index >= 15 is 0 Å². The van der Waals surface area contributed by atoms with E-state index in [9.17, 15) is 0 Å². The van der Waals surface area contributed by atoms with Crippen LogP contribution in [0.2, 0.25) is 0 Å². The van der Waals surface area contributed by atoms with Gasteiger partial charge in [-0.2, -0.15) is 0 Å². The Morgan fingerprint density at radius 1 is 0.360 bits per heavy atom. The number of nitrogens with zero attached hydrogens (tertiary/aromatic N) is 3. The van der Waals surface area contributed by atoms with Gasteiger partial charge in [-0.3, -0.25) is 0 Å². The van der Waals surface area contributed by atoms with Crippen molar-refractivity contribution < 1.29 is 9.15 Å². The normalized spacial score (nSPS) is 11.8. The Kier molecular flexibility index (Phi) is 6.42. The molecule has 0 N–H and O–H groups in total. The molecule has 0 bridgehead atoms. The minimum Gasteiger partial charge on any atom is -0.455 e. The van der Waals surface area contributed by atoms with Gasteiger partial charge in [-0.25, -0.2) is 15.0 Å². The van der Waals surface area contributed by atoms with Crippen LogP contribution in [-0.4, -0.2) is 15.0 Å². The molecule has 3 heterocycles. The first kappa shape index (κ1) is 28.2. The van der Waals surface area contributed by atoms with E-state index in [1.807, 2.05) is 84.9 Å². The van der Waals surface area contributed by atoms with Crippen LogP contribution in [0.15, 0.2) is 168 Å². The predicted octanol–water partition coefficient (Wildman–Crippen LogP) is 11.9. The molecule has 0 saturated heterocycles. The van der Waals surface area contributed by atoms with Crippen molar-refractivity contribution in [1.29, 1.82) is 0 Å². The topological polar surface area (TPSA) is 61.0 Å². The van der Waals surface area contributed by atoms with Crippen LogP contribution < -0.4 is 4.74 Å². The van der Waals surface area contributed by atoms with E-state index < -0.39 is 0 Å². The third kappa shape index (κ3) is 4.60. The highest BCUT2D eigenvalue weighted by Crippen LogP contribution is 2.51. The molecular formula is C45H27N3O2. The van der Waals surface area contributed by atoms with Crippen molar-refractivity contribution in [2.45, 2.75) is 0 Å². The molecule has 7 aromatic carbocycles. The lowest BCUT2D eigenvalue weighted by Crippen LogP contribution is -2.01. The van der Waals surface area contributed by atoms with Gasteiger partial charge in [0, 0.05) is 38.6 Å². The molecule has 0 fully saturated rings. The lowest BCUT2D eigenvalue weighted by Gasteiger charge is -2.15. The van der Waals surface area contributed by atoms with Crippen molar-refractivity contribution >= 4 is 21.9 Å². The molecule has 9 aromatic rings. The van der Waals surface area contributed by atoms with Crippen LogP contribution in [0.3, 0.4) is 0 Å². The molecule has 234 valence electrons. The van der Waals surface area contributed by atoms with E-state index in [0.29, 0.717) is 23.2 Å². The first-order chi connectivity index (χ1) is 24.8. The summed E-state index contributed by atoms with van der Waals surface area (Å²) in [6, 6.07) is 55.6. The van der Waals surface area contributed by atoms with E-state index in [1.54, 1.807) is 0 Å². The molecule has 0 amide bonds. The molecule has 1 aliphatic heterocycles. The lowest BCUT2D eigenvalue weighted by atomic mass is 9.91. The van der Waals surface area contributed by atoms with Gasteiger partial charge in [0.05, 0.1) is 5.56 Å². The fraction of sp³-hybridized carbons (Fsp3) is 0. The number of para-hydroxylation sites is 3. The third-order valence-electron chi connectivity index (χ3n) is 9.37. The van der Waals surface area contributed by atoms with Gasteiger partial charge in [0.15, 0.2) is 17.5 Å². The Morgan fingerprint density at radius 2 is 0.920 bits per heavy atom. The van der Waals surface area contributed by atoms with Gasteiger partial charge in [0.1, 0.15) is 22.7 Å². The van der Waals surface area contributed by atoms with E-state index in [0.717, 1.165) is 77.8 Å². The average molecular weight is 642 g/mol. The van der Waals surface area contributed by atoms with Crippen LogP contribution >= 0.6 is 0 Å². The van der Waals surface area contributed by atoms with Crippen molar-refractivity contribution in [3.05, 3.63) is 164 Å². The number of hydrogen-bond donors (Lipinski definition) is 0. The molecule has 0 radical (unpaired) electrons. The predicted molar refractivity (Wildman–Crippen MR) is 200 cm³/mol. The number of ether oxygens (including phenoxy) is 1. The zero-order valence-corrected chi connectivity index (χ0v) is 26.7. The molecule has 50 heavy (non-hydrogen) atoms. The summed E-state index contributed by atoms with van der Waals surface area (Å²) in [7, 11) is 0. The maximum Gasteiger partial charge on any atom is 0.167 e. The largest absolute Gasteiger partial charge is 0.455 e. The second-order valence-corrected chi connectivity index (χ2v) is 12.4. The fourth-order valence-corrected chi connectivity index (χ4v) is 7.00. The average Bonchev–Trinajstić information content (AvgIpc) is 3.51. The Morgan fingerprint density at radius 3 is 1.68 bits per heavy atom. The number of furan rings is 1. The Labute approximate surface area is 288 Å². The third-order valence-corrected chi connectivity index (χ3v) is 9.37. The summed E-state index contributed by atoms with van der Waals surface area (Å²) in [5.41, 5.74) is 10.6. The highest BCUT2D eigenvalue weighted by Gasteiger charge is 2.26. The standard InChI is InChI=1S/C45H27N3O2/c1-3-13-28(14-4-1)43-46-44(29-15-5-2-6-16-29)48-45(47-43)37-23-12-21-35-32-17-7-8-18-33(32)38-27-30(25-26-40(38)50-42(35)37)31-20-11-22-36-34-19-9-10-24-39(34)49-41(31)36/h1-27H. The van der Waals surface area contributed by atoms with Crippen LogP contribution in [0, 0.1) is 0 Å². The zero-order chi connectivity index (χ0) is 33.0. The Hall–Kier alpha value is -6.85. The minimum atomic E-state index is 0.545. The van der Waals surface area contributed by atoms with Gasteiger partial charge >= 0.3 is 0 Å². The summed E-state index contributed by atoms with van der Waals surface area (Å²) in [4.78, 5) is 15.0. The molecule has 1 aliphatic rings. The van der Waals surface area contributed by atoms with Crippen LogP contribution in [0.1, 0.15) is 0 Å². The first-order valence-electron chi connectivity index (χ1n) is 16.6. The van der Waals surface area contributed by atoms with E-state index in [2.05, 4.69) is 78.9 Å². The number of hydrogen-bond acceptors (Lipinski definition) is 5. The molecule has 0 saturated carbocycles. The van der Waals surface area contributed by atoms with Gasteiger partial charge in [-0.1, -0.05) is 140 Å². The molecule has 0 atom stereocenters. The molecule has 5 heteroatoms. The summed E-state index contributed by atoms with van der Waals surface area (Å²) in [6.07, 6.45) is 0. The monoisotopic (exact) mass is 641 g/mol. The minimum absolute atomic E-state index is 0.545. The maximum absolute atomic E-state index is 6.96. The molecule has 0 spiro atoms. The number of fused-ring (bicyclic) bond motifs is 8. The van der Waals surface area contributed by atoms with Crippen molar-refractivity contribution in [2.75, 3.05) is 0 Å². The highest BCUT2D eigenvalue weighted by atomic mass is 16.5. The number of rotatable bonds is 4. The van der Waals surface area contributed by atoms with Crippen molar-refractivity contribution in [3.63, 3.8) is 0 Å². The van der Waals surface area contributed by atoms with E-state index in [-0.39, 0.29) is 0 Å². The van der Waals surface area contributed by atoms with Crippen molar-refractivity contribution in [3.8, 4) is 79.0 Å². The molecule has 0 unspecified atom stereocenters. The highest BCUT2D eigenvalue weighted by molar-refractivity contribution is 6.10. The zero-order valence-electron chi connectivity index (χ0n) is 26.7. The summed E-state index contributed by atoms with van der Waals surface area (Å²) < 4.78 is 13.4.